The topological polar surface area (TPSA) is 114 Å². The Bertz CT molecular complexity index is 876. The smallest absolute Gasteiger partial charge is 0.269 e. The van der Waals surface area contributed by atoms with Crippen LogP contribution in [0.25, 0.3) is 17.4 Å². The van der Waals surface area contributed by atoms with E-state index in [-0.39, 0.29) is 22.1 Å². The van der Waals surface area contributed by atoms with Crippen molar-refractivity contribution in [1.82, 2.24) is 10.6 Å². The van der Waals surface area contributed by atoms with Crippen LogP contribution in [0.4, 0.5) is 5.69 Å². The molecular weight excluding hydrogens is 334 g/mol. The molecule has 0 bridgehead atoms. The van der Waals surface area contributed by atoms with Gasteiger partial charge in [-0.05, 0) is 42.6 Å². The Morgan fingerprint density at radius 2 is 1.67 bits per heavy atom. The van der Waals surface area contributed by atoms with E-state index in [0.717, 1.165) is 0 Å². The van der Waals surface area contributed by atoms with Crippen LogP contribution in [0, 0.1) is 10.1 Å². The number of rotatable bonds is 3. The summed E-state index contributed by atoms with van der Waals surface area (Å²) in [6.45, 7) is 0. The van der Waals surface area contributed by atoms with Gasteiger partial charge in [0.25, 0.3) is 17.5 Å². The summed E-state index contributed by atoms with van der Waals surface area (Å²) >= 11 is 4.71. The van der Waals surface area contributed by atoms with Gasteiger partial charge in [0.15, 0.2) is 5.11 Å². The fourth-order valence-corrected chi connectivity index (χ4v) is 2.27. The number of nitrogens with zero attached hydrogens (tertiary/aromatic N) is 1. The Balaban J connectivity index is 1.86. The maximum atomic E-state index is 11.8. The molecule has 8 nitrogen and oxygen atoms in total. The fourth-order valence-electron chi connectivity index (χ4n) is 2.08. The third-order valence-corrected chi connectivity index (χ3v) is 3.42. The highest BCUT2D eigenvalue weighted by molar-refractivity contribution is 7.80. The number of amides is 2. The van der Waals surface area contributed by atoms with Crippen molar-refractivity contribution < 1.29 is 18.9 Å². The van der Waals surface area contributed by atoms with E-state index in [1.165, 1.54) is 18.2 Å². The molecule has 0 aliphatic carbocycles. The molecule has 0 spiro atoms. The van der Waals surface area contributed by atoms with Gasteiger partial charge in [0.05, 0.1) is 4.92 Å². The molecule has 9 heteroatoms. The van der Waals surface area contributed by atoms with Gasteiger partial charge in [-0.2, -0.15) is 0 Å². The lowest BCUT2D eigenvalue weighted by atomic mass is 10.1. The van der Waals surface area contributed by atoms with Gasteiger partial charge in [-0.1, -0.05) is 0 Å². The zero-order valence-electron chi connectivity index (χ0n) is 11.9. The number of nitro benzene ring substituents is 1. The number of benzene rings is 1. The minimum absolute atomic E-state index is 0.0286. The number of nitrogens with one attached hydrogen (secondary N) is 2. The Hall–Kier alpha value is -3.33. The van der Waals surface area contributed by atoms with Crippen molar-refractivity contribution in [2.24, 2.45) is 0 Å². The molecule has 2 heterocycles. The van der Waals surface area contributed by atoms with E-state index < -0.39 is 16.7 Å². The molecule has 0 saturated carbocycles. The highest BCUT2D eigenvalue weighted by atomic mass is 32.1. The number of hydrogen-bond acceptors (Lipinski definition) is 6. The molecule has 1 aliphatic heterocycles. The largest absolute Gasteiger partial charge is 0.457 e. The first kappa shape index (κ1) is 15.6. The maximum Gasteiger partial charge on any atom is 0.269 e. The second-order valence-electron chi connectivity index (χ2n) is 4.80. The maximum absolute atomic E-state index is 11.8. The summed E-state index contributed by atoms with van der Waals surface area (Å²) in [5.74, 6) is -0.491. The van der Waals surface area contributed by atoms with Crippen molar-refractivity contribution in [3.63, 3.8) is 0 Å². The van der Waals surface area contributed by atoms with Crippen molar-refractivity contribution in [2.75, 3.05) is 0 Å². The highest BCUT2D eigenvalue weighted by Gasteiger charge is 2.26. The predicted octanol–water partition coefficient (Wildman–Crippen LogP) is 1.77. The van der Waals surface area contributed by atoms with Crippen molar-refractivity contribution in [3.05, 3.63) is 57.8 Å². The highest BCUT2D eigenvalue weighted by Crippen LogP contribution is 2.25. The first-order chi connectivity index (χ1) is 11.4. The molecule has 0 atom stereocenters. The lowest BCUT2D eigenvalue weighted by Crippen LogP contribution is -2.51. The van der Waals surface area contributed by atoms with Crippen molar-refractivity contribution >= 4 is 40.9 Å². The van der Waals surface area contributed by atoms with E-state index >= 15 is 0 Å². The van der Waals surface area contributed by atoms with Crippen LogP contribution in [-0.2, 0) is 9.59 Å². The molecule has 1 aromatic heterocycles. The molecule has 2 N–H and O–H groups in total. The molecule has 2 amide bonds. The Morgan fingerprint density at radius 1 is 1.04 bits per heavy atom. The number of carbonyl (C=O) groups excluding carboxylic acids is 2. The Morgan fingerprint density at radius 3 is 2.25 bits per heavy atom. The summed E-state index contributed by atoms with van der Waals surface area (Å²) in [6.07, 6.45) is 1.29. The molecule has 0 unspecified atom stereocenters. The molecule has 1 saturated heterocycles. The minimum atomic E-state index is -0.614. The zero-order chi connectivity index (χ0) is 17.3. The molecule has 3 rings (SSSR count). The average molecular weight is 343 g/mol. The third kappa shape index (κ3) is 3.06. The molecule has 1 aliphatic rings. The second kappa shape index (κ2) is 6.05. The monoisotopic (exact) mass is 343 g/mol. The third-order valence-electron chi connectivity index (χ3n) is 3.22. The van der Waals surface area contributed by atoms with Crippen LogP contribution in [0.5, 0.6) is 0 Å². The van der Waals surface area contributed by atoms with E-state index in [1.807, 2.05) is 0 Å². The number of nitro groups is 1. The van der Waals surface area contributed by atoms with E-state index in [9.17, 15) is 19.7 Å². The fraction of sp³-hybridized carbons (Fsp3) is 0. The SMILES string of the molecule is O=C1NC(=S)NC(=O)C1=Cc1ccc(-c2ccc([N+](=O)[O-])cc2)o1. The van der Waals surface area contributed by atoms with E-state index in [2.05, 4.69) is 10.6 Å². The standard InChI is InChI=1S/C15H9N3O5S/c19-13-11(14(20)17-15(24)16-13)7-10-5-6-12(23-10)8-1-3-9(4-2-8)18(21)22/h1-7H,(H2,16,17,19,20,24). The van der Waals surface area contributed by atoms with Crippen LogP contribution in [0.3, 0.4) is 0 Å². The second-order valence-corrected chi connectivity index (χ2v) is 5.21. The summed E-state index contributed by atoms with van der Waals surface area (Å²) in [5, 5.41) is 15.2. The first-order valence-corrected chi connectivity index (χ1v) is 7.08. The minimum Gasteiger partial charge on any atom is -0.457 e. The van der Waals surface area contributed by atoms with E-state index in [4.69, 9.17) is 16.6 Å². The molecule has 1 fully saturated rings. The lowest BCUT2D eigenvalue weighted by Gasteiger charge is -2.15. The number of carbonyl (C=O) groups is 2. The van der Waals surface area contributed by atoms with Crippen molar-refractivity contribution in [3.8, 4) is 11.3 Å². The first-order valence-electron chi connectivity index (χ1n) is 6.67. The Labute approximate surface area is 140 Å². The molecule has 0 radical (unpaired) electrons. The summed E-state index contributed by atoms with van der Waals surface area (Å²) in [5.41, 5.74) is 0.469. The number of thiocarbonyl (C=S) groups is 1. The van der Waals surface area contributed by atoms with E-state index in [0.29, 0.717) is 11.3 Å². The summed E-state index contributed by atoms with van der Waals surface area (Å²) < 4.78 is 5.56. The average Bonchev–Trinajstić information content (AvgIpc) is 2.99. The van der Waals surface area contributed by atoms with E-state index in [1.54, 1.807) is 24.3 Å². The molecule has 2 aromatic rings. The van der Waals surface area contributed by atoms with Gasteiger partial charge in [0.2, 0.25) is 0 Å². The predicted molar refractivity (Wildman–Crippen MR) is 87.7 cm³/mol. The van der Waals surface area contributed by atoms with Gasteiger partial charge in [0, 0.05) is 17.7 Å². The van der Waals surface area contributed by atoms with Crippen LogP contribution >= 0.6 is 12.2 Å². The van der Waals surface area contributed by atoms with Crippen molar-refractivity contribution in [2.45, 2.75) is 0 Å². The van der Waals surface area contributed by atoms with Crippen molar-refractivity contribution in [1.29, 1.82) is 0 Å². The number of non-ortho nitro benzene ring substituents is 1. The number of hydrogen-bond donors (Lipinski definition) is 2. The van der Waals surface area contributed by atoms with Crippen LogP contribution in [0.15, 0.2) is 46.4 Å². The zero-order valence-corrected chi connectivity index (χ0v) is 12.8. The van der Waals surface area contributed by atoms with Gasteiger partial charge < -0.3 is 4.42 Å². The van der Waals surface area contributed by atoms with Gasteiger partial charge in [-0.3, -0.25) is 30.3 Å². The van der Waals surface area contributed by atoms with Gasteiger partial charge in [-0.25, -0.2) is 0 Å². The summed E-state index contributed by atoms with van der Waals surface area (Å²) in [6, 6.07) is 9.03. The Kier molecular flexibility index (Phi) is 3.92. The van der Waals surface area contributed by atoms with Gasteiger partial charge in [-0.15, -0.1) is 0 Å². The molecular formula is C15H9N3O5S. The molecule has 120 valence electrons. The lowest BCUT2D eigenvalue weighted by molar-refractivity contribution is -0.384. The molecule has 24 heavy (non-hydrogen) atoms. The quantitative estimate of drug-likeness (QED) is 0.289. The van der Waals surface area contributed by atoms with Crippen LogP contribution in [0.2, 0.25) is 0 Å². The summed E-state index contributed by atoms with van der Waals surface area (Å²) in [7, 11) is 0. The van der Waals surface area contributed by atoms with Gasteiger partial charge >= 0.3 is 0 Å². The van der Waals surface area contributed by atoms with Gasteiger partial charge in [0.1, 0.15) is 17.1 Å². The normalized spacial score (nSPS) is 14.2. The molecule has 1 aromatic carbocycles. The number of furan rings is 1. The summed E-state index contributed by atoms with van der Waals surface area (Å²) in [4.78, 5) is 33.7. The van der Waals surface area contributed by atoms with Crippen LogP contribution < -0.4 is 10.6 Å². The van der Waals surface area contributed by atoms with Crippen LogP contribution in [0.1, 0.15) is 5.76 Å². The van der Waals surface area contributed by atoms with Crippen LogP contribution in [-0.4, -0.2) is 21.9 Å².